The fraction of sp³-hybridized carbons (Fsp3) is 0.636. The molecule has 0 aliphatic heterocycles. The van der Waals surface area contributed by atoms with E-state index in [0.717, 1.165) is 43.9 Å². The van der Waals surface area contributed by atoms with E-state index in [9.17, 15) is 5.11 Å². The third kappa shape index (κ3) is 6.60. The summed E-state index contributed by atoms with van der Waals surface area (Å²) in [6.45, 7) is 9.02. The van der Waals surface area contributed by atoms with Crippen LogP contribution in [0.5, 0.6) is 0 Å². The van der Waals surface area contributed by atoms with Crippen molar-refractivity contribution < 1.29 is 5.11 Å². The average Bonchev–Trinajstić information content (AvgIpc) is 3.09. The van der Waals surface area contributed by atoms with Crippen LogP contribution in [0.1, 0.15) is 64.0 Å². The minimum Gasteiger partial charge on any atom is -0.405 e. The topological polar surface area (TPSA) is 87.3 Å². The molecular weight excluding hydrogens is 350 g/mol. The number of anilines is 1. The molecule has 2 rings (SSSR count). The summed E-state index contributed by atoms with van der Waals surface area (Å²) in [6, 6.07) is 0. The van der Waals surface area contributed by atoms with Gasteiger partial charge in [0.2, 0.25) is 0 Å². The second kappa shape index (κ2) is 10.0. The van der Waals surface area contributed by atoms with Gasteiger partial charge in [0.05, 0.1) is 0 Å². The number of aryl methyl sites for hydroxylation is 1. The number of hydrogen-bond donors (Lipinski definition) is 3. The van der Waals surface area contributed by atoms with Crippen LogP contribution in [0.2, 0.25) is 0 Å². The van der Waals surface area contributed by atoms with Crippen molar-refractivity contribution in [3.8, 4) is 0 Å². The van der Waals surface area contributed by atoms with Crippen molar-refractivity contribution in [1.82, 2.24) is 15.3 Å². The summed E-state index contributed by atoms with van der Waals surface area (Å²) in [7, 11) is 2.05. The van der Waals surface area contributed by atoms with Crippen molar-refractivity contribution in [3.63, 3.8) is 0 Å². The van der Waals surface area contributed by atoms with E-state index in [4.69, 9.17) is 15.7 Å². The van der Waals surface area contributed by atoms with Crippen LogP contribution in [-0.2, 0) is 19.3 Å². The first-order chi connectivity index (χ1) is 13.2. The number of nitrogens with two attached hydrogens (primary N) is 1. The summed E-state index contributed by atoms with van der Waals surface area (Å²) in [4.78, 5) is 11.8. The monoisotopic (exact) mass is 387 g/mol. The first-order valence-electron chi connectivity index (χ1n) is 10.4. The lowest BCUT2D eigenvalue weighted by Crippen LogP contribution is -2.44. The molecule has 0 bridgehead atoms. The maximum Gasteiger partial charge on any atom is 0.135 e. The second-order valence-corrected chi connectivity index (χ2v) is 8.56. The molecule has 28 heavy (non-hydrogen) atoms. The SMILES string of the molecule is CCC(/C=C\N)=C/Cc1nc2c(c(N(C)CCC(O)NC(C)(C)C)n1)CCC2. The highest BCUT2D eigenvalue weighted by atomic mass is 16.3. The number of aromatic nitrogens is 2. The van der Waals surface area contributed by atoms with Gasteiger partial charge in [0.1, 0.15) is 17.9 Å². The normalized spacial score (nSPS) is 15.9. The summed E-state index contributed by atoms with van der Waals surface area (Å²) < 4.78 is 0. The van der Waals surface area contributed by atoms with Crippen molar-refractivity contribution in [1.29, 1.82) is 0 Å². The molecule has 0 saturated carbocycles. The minimum atomic E-state index is -0.532. The number of allylic oxidation sites excluding steroid dienone is 3. The molecule has 1 aliphatic carbocycles. The van der Waals surface area contributed by atoms with Gasteiger partial charge < -0.3 is 15.7 Å². The Morgan fingerprint density at radius 3 is 2.71 bits per heavy atom. The predicted molar refractivity (Wildman–Crippen MR) is 116 cm³/mol. The van der Waals surface area contributed by atoms with E-state index in [1.54, 1.807) is 6.20 Å². The van der Waals surface area contributed by atoms with Gasteiger partial charge in [0, 0.05) is 43.2 Å². The summed E-state index contributed by atoms with van der Waals surface area (Å²) in [6.07, 6.45) is 10.6. The van der Waals surface area contributed by atoms with Gasteiger partial charge >= 0.3 is 0 Å². The molecule has 0 aromatic carbocycles. The fourth-order valence-electron chi connectivity index (χ4n) is 3.54. The Labute approximate surface area is 169 Å². The number of hydrogen-bond acceptors (Lipinski definition) is 6. The molecule has 1 unspecified atom stereocenters. The number of nitrogens with zero attached hydrogens (tertiary/aromatic N) is 3. The van der Waals surface area contributed by atoms with E-state index >= 15 is 0 Å². The third-order valence-electron chi connectivity index (χ3n) is 4.92. The van der Waals surface area contributed by atoms with Crippen molar-refractivity contribution in [2.24, 2.45) is 5.73 Å². The van der Waals surface area contributed by atoms with E-state index in [1.165, 1.54) is 16.8 Å². The van der Waals surface area contributed by atoms with E-state index in [2.05, 4.69) is 51.0 Å². The van der Waals surface area contributed by atoms with Gasteiger partial charge in [0.25, 0.3) is 0 Å². The van der Waals surface area contributed by atoms with Crippen LogP contribution < -0.4 is 16.0 Å². The molecule has 1 aromatic heterocycles. The number of rotatable bonds is 9. The maximum absolute atomic E-state index is 10.3. The zero-order valence-electron chi connectivity index (χ0n) is 18.1. The van der Waals surface area contributed by atoms with Crippen LogP contribution in [-0.4, -0.2) is 40.4 Å². The molecule has 1 heterocycles. The molecule has 1 aliphatic rings. The molecule has 0 spiro atoms. The molecule has 0 amide bonds. The molecule has 0 radical (unpaired) electrons. The largest absolute Gasteiger partial charge is 0.405 e. The van der Waals surface area contributed by atoms with Gasteiger partial charge in [-0.15, -0.1) is 0 Å². The molecule has 156 valence electrons. The summed E-state index contributed by atoms with van der Waals surface area (Å²) in [5.74, 6) is 1.87. The standard InChI is InChI=1S/C22H37N5O/c1-6-16(12-14-23)10-11-19-24-18-9-7-8-17(18)21(25-19)27(5)15-13-20(28)26-22(2,3)4/h10,12,14,20,26,28H,6-9,11,13,15,23H2,1-5H3/b14-12-,16-10-. The lowest BCUT2D eigenvalue weighted by Gasteiger charge is -2.27. The van der Waals surface area contributed by atoms with Gasteiger partial charge in [-0.25, -0.2) is 9.97 Å². The zero-order chi connectivity index (χ0) is 20.7. The van der Waals surface area contributed by atoms with E-state index < -0.39 is 6.23 Å². The molecular formula is C22H37N5O. The molecule has 0 saturated heterocycles. The molecule has 4 N–H and O–H groups in total. The van der Waals surface area contributed by atoms with Gasteiger partial charge in [0.15, 0.2) is 0 Å². The molecule has 6 nitrogen and oxygen atoms in total. The molecule has 6 heteroatoms. The Morgan fingerprint density at radius 1 is 1.32 bits per heavy atom. The highest BCUT2D eigenvalue weighted by Crippen LogP contribution is 2.28. The molecule has 1 aromatic rings. The number of fused-ring (bicyclic) bond motifs is 1. The number of aliphatic hydroxyl groups is 1. The quantitative estimate of drug-likeness (QED) is 0.446. The zero-order valence-corrected chi connectivity index (χ0v) is 18.1. The van der Waals surface area contributed by atoms with Crippen molar-refractivity contribution in [2.75, 3.05) is 18.5 Å². The third-order valence-corrected chi connectivity index (χ3v) is 4.92. The maximum atomic E-state index is 10.3. The molecule has 0 fully saturated rings. The van der Waals surface area contributed by atoms with Gasteiger partial charge in [-0.2, -0.15) is 0 Å². The Bertz CT molecular complexity index is 706. The lowest BCUT2D eigenvalue weighted by atomic mass is 10.1. The fourth-order valence-corrected chi connectivity index (χ4v) is 3.54. The summed E-state index contributed by atoms with van der Waals surface area (Å²) >= 11 is 0. The first-order valence-corrected chi connectivity index (χ1v) is 10.4. The summed E-state index contributed by atoms with van der Waals surface area (Å²) in [5, 5.41) is 13.5. The van der Waals surface area contributed by atoms with E-state index in [1.807, 2.05) is 6.08 Å². The van der Waals surface area contributed by atoms with Crippen LogP contribution in [0, 0.1) is 0 Å². The van der Waals surface area contributed by atoms with Crippen LogP contribution in [0.3, 0.4) is 0 Å². The first kappa shape index (κ1) is 22.4. The minimum absolute atomic E-state index is 0.109. The number of aliphatic hydroxyl groups excluding tert-OH is 1. The average molecular weight is 388 g/mol. The summed E-state index contributed by atoms with van der Waals surface area (Å²) in [5.41, 5.74) is 9.06. The van der Waals surface area contributed by atoms with Crippen LogP contribution in [0.25, 0.3) is 0 Å². The van der Waals surface area contributed by atoms with Gasteiger partial charge in [-0.05, 0) is 58.7 Å². The molecule has 1 atom stereocenters. The highest BCUT2D eigenvalue weighted by molar-refractivity contribution is 5.50. The van der Waals surface area contributed by atoms with Crippen molar-refractivity contribution >= 4 is 5.82 Å². The van der Waals surface area contributed by atoms with Gasteiger partial charge in [-0.3, -0.25) is 5.32 Å². The van der Waals surface area contributed by atoms with Crippen LogP contribution >= 0.6 is 0 Å². The van der Waals surface area contributed by atoms with Crippen LogP contribution in [0.4, 0.5) is 5.82 Å². The Balaban J connectivity index is 2.13. The highest BCUT2D eigenvalue weighted by Gasteiger charge is 2.22. The van der Waals surface area contributed by atoms with Crippen molar-refractivity contribution in [3.05, 3.63) is 41.0 Å². The number of nitrogens with one attached hydrogen (secondary N) is 1. The Morgan fingerprint density at radius 2 is 2.07 bits per heavy atom. The Hall–Kier alpha value is -1.92. The lowest BCUT2D eigenvalue weighted by molar-refractivity contribution is 0.0997. The second-order valence-electron chi connectivity index (χ2n) is 8.56. The smallest absolute Gasteiger partial charge is 0.135 e. The van der Waals surface area contributed by atoms with Crippen LogP contribution in [0.15, 0.2) is 23.9 Å². The van der Waals surface area contributed by atoms with Gasteiger partial charge in [-0.1, -0.05) is 18.6 Å². The predicted octanol–water partition coefficient (Wildman–Crippen LogP) is 2.85. The van der Waals surface area contributed by atoms with E-state index in [0.29, 0.717) is 12.8 Å². The van der Waals surface area contributed by atoms with Crippen molar-refractivity contribution in [2.45, 2.75) is 78.0 Å². The van der Waals surface area contributed by atoms with E-state index in [-0.39, 0.29) is 5.54 Å². The Kier molecular flexibility index (Phi) is 8.01.